The summed E-state index contributed by atoms with van der Waals surface area (Å²) < 4.78 is 0. The fraction of sp³-hybridized carbons (Fsp3) is 0.643. The molecule has 3 atom stereocenters. The molecule has 1 N–H and O–H groups in total. The molecular formula is C14H18N4S. The van der Waals surface area contributed by atoms with E-state index in [0.717, 1.165) is 6.42 Å². The van der Waals surface area contributed by atoms with E-state index in [1.165, 1.54) is 6.42 Å². The lowest BCUT2D eigenvalue weighted by Crippen LogP contribution is -2.46. The Morgan fingerprint density at radius 2 is 1.89 bits per heavy atom. The molecule has 5 heteroatoms. The molecule has 2 aliphatic carbocycles. The minimum Gasteiger partial charge on any atom is -0.359 e. The SMILES string of the molecule is N#CCCN(CCC#N)C(=S)N[C@H]1C[C@H]2C=C[C@@H]1C2. The topological polar surface area (TPSA) is 62.9 Å². The third kappa shape index (κ3) is 3.45. The molecule has 100 valence electrons. The summed E-state index contributed by atoms with van der Waals surface area (Å²) in [5.74, 6) is 1.30. The molecule has 1 fully saturated rings. The van der Waals surface area contributed by atoms with Crippen molar-refractivity contribution >= 4 is 17.3 Å². The third-order valence-corrected chi connectivity index (χ3v) is 4.24. The second-order valence-corrected chi connectivity index (χ2v) is 5.53. The van der Waals surface area contributed by atoms with E-state index in [4.69, 9.17) is 22.7 Å². The Morgan fingerprint density at radius 1 is 1.21 bits per heavy atom. The van der Waals surface area contributed by atoms with E-state index in [9.17, 15) is 0 Å². The fourth-order valence-electron chi connectivity index (χ4n) is 2.88. The van der Waals surface area contributed by atoms with Gasteiger partial charge >= 0.3 is 0 Å². The summed E-state index contributed by atoms with van der Waals surface area (Å²) in [6, 6.07) is 4.68. The van der Waals surface area contributed by atoms with Crippen LogP contribution in [0.15, 0.2) is 12.2 Å². The number of nitrogens with one attached hydrogen (secondary N) is 1. The molecule has 0 unspecified atom stereocenters. The van der Waals surface area contributed by atoms with Crippen LogP contribution in [0, 0.1) is 34.5 Å². The highest BCUT2D eigenvalue weighted by molar-refractivity contribution is 7.80. The molecule has 2 bridgehead atoms. The molecule has 0 aliphatic heterocycles. The molecule has 0 radical (unpaired) electrons. The van der Waals surface area contributed by atoms with Crippen LogP contribution in [0.5, 0.6) is 0 Å². The summed E-state index contributed by atoms with van der Waals surface area (Å²) in [5.41, 5.74) is 0. The van der Waals surface area contributed by atoms with Crippen molar-refractivity contribution in [3.05, 3.63) is 12.2 Å². The van der Waals surface area contributed by atoms with Gasteiger partial charge in [0.25, 0.3) is 0 Å². The van der Waals surface area contributed by atoms with E-state index in [-0.39, 0.29) is 0 Å². The number of fused-ring (bicyclic) bond motifs is 2. The number of rotatable bonds is 5. The summed E-state index contributed by atoms with van der Waals surface area (Å²) in [4.78, 5) is 1.94. The average molecular weight is 274 g/mol. The quantitative estimate of drug-likeness (QED) is 0.613. The van der Waals surface area contributed by atoms with Crippen LogP contribution >= 0.6 is 12.2 Å². The van der Waals surface area contributed by atoms with E-state index < -0.39 is 0 Å². The van der Waals surface area contributed by atoms with Gasteiger partial charge in [-0.2, -0.15) is 10.5 Å². The van der Waals surface area contributed by atoms with Gasteiger partial charge < -0.3 is 10.2 Å². The zero-order valence-corrected chi connectivity index (χ0v) is 11.7. The Morgan fingerprint density at radius 3 is 2.37 bits per heavy atom. The van der Waals surface area contributed by atoms with Gasteiger partial charge in [-0.15, -0.1) is 0 Å². The van der Waals surface area contributed by atoms with Crippen molar-refractivity contribution in [2.45, 2.75) is 31.7 Å². The minimum atomic E-state index is 0.425. The van der Waals surface area contributed by atoms with Crippen molar-refractivity contribution in [1.82, 2.24) is 10.2 Å². The number of nitriles is 2. The van der Waals surface area contributed by atoms with Gasteiger partial charge in [0, 0.05) is 19.1 Å². The largest absolute Gasteiger partial charge is 0.359 e. The van der Waals surface area contributed by atoms with Gasteiger partial charge in [-0.05, 0) is 36.9 Å². The summed E-state index contributed by atoms with van der Waals surface area (Å²) >= 11 is 5.43. The molecule has 0 aromatic rings. The van der Waals surface area contributed by atoms with Gasteiger partial charge in [0.1, 0.15) is 0 Å². The molecule has 1 saturated carbocycles. The lowest BCUT2D eigenvalue weighted by atomic mass is 10.0. The highest BCUT2D eigenvalue weighted by Gasteiger charge is 2.36. The lowest BCUT2D eigenvalue weighted by Gasteiger charge is -2.29. The Labute approximate surface area is 119 Å². The Balaban J connectivity index is 1.86. The van der Waals surface area contributed by atoms with E-state index in [1.54, 1.807) is 0 Å². The molecule has 0 heterocycles. The van der Waals surface area contributed by atoms with Gasteiger partial charge in [-0.1, -0.05) is 12.2 Å². The van der Waals surface area contributed by atoms with Gasteiger partial charge in [-0.25, -0.2) is 0 Å². The smallest absolute Gasteiger partial charge is 0.169 e. The second-order valence-electron chi connectivity index (χ2n) is 5.14. The molecular weight excluding hydrogens is 256 g/mol. The minimum absolute atomic E-state index is 0.425. The third-order valence-electron chi connectivity index (χ3n) is 3.86. The number of nitrogens with zero attached hydrogens (tertiary/aromatic N) is 3. The van der Waals surface area contributed by atoms with Crippen molar-refractivity contribution in [2.24, 2.45) is 11.8 Å². The molecule has 0 amide bonds. The monoisotopic (exact) mass is 274 g/mol. The molecule has 0 spiro atoms. The maximum atomic E-state index is 8.68. The van der Waals surface area contributed by atoms with Crippen molar-refractivity contribution in [3.8, 4) is 12.1 Å². The van der Waals surface area contributed by atoms with Gasteiger partial charge in [0.05, 0.1) is 25.0 Å². The van der Waals surface area contributed by atoms with Crippen LogP contribution in [0.1, 0.15) is 25.7 Å². The van der Waals surface area contributed by atoms with Crippen LogP contribution in [0.25, 0.3) is 0 Å². The number of allylic oxidation sites excluding steroid dienone is 1. The maximum absolute atomic E-state index is 8.68. The highest BCUT2D eigenvalue weighted by Crippen LogP contribution is 2.38. The van der Waals surface area contributed by atoms with Crippen LogP contribution in [0.2, 0.25) is 0 Å². The van der Waals surface area contributed by atoms with Crippen LogP contribution < -0.4 is 5.32 Å². The molecule has 0 aromatic heterocycles. The lowest BCUT2D eigenvalue weighted by molar-refractivity contribution is 0.408. The Hall–Kier alpha value is -1.59. The molecule has 2 rings (SSSR count). The predicted molar refractivity (Wildman–Crippen MR) is 76.9 cm³/mol. The normalized spacial score (nSPS) is 26.7. The highest BCUT2D eigenvalue weighted by atomic mass is 32.1. The summed E-state index contributed by atoms with van der Waals surface area (Å²) in [5, 5.41) is 21.5. The second kappa shape index (κ2) is 6.54. The average Bonchev–Trinajstić information content (AvgIpc) is 3.01. The molecule has 4 nitrogen and oxygen atoms in total. The van der Waals surface area contributed by atoms with Crippen molar-refractivity contribution in [3.63, 3.8) is 0 Å². The van der Waals surface area contributed by atoms with E-state index in [1.807, 2.05) is 4.90 Å². The van der Waals surface area contributed by atoms with Gasteiger partial charge in [0.2, 0.25) is 0 Å². The fourth-order valence-corrected chi connectivity index (χ4v) is 3.22. The van der Waals surface area contributed by atoms with Crippen LogP contribution in [-0.4, -0.2) is 29.1 Å². The van der Waals surface area contributed by atoms with Gasteiger partial charge in [0.15, 0.2) is 5.11 Å². The first kappa shape index (κ1) is 13.8. The first-order valence-electron chi connectivity index (χ1n) is 6.72. The standard InChI is InChI=1S/C14H18N4S/c15-5-1-7-18(8-2-6-16)14(19)17-13-10-11-3-4-12(13)9-11/h3-4,11-13H,1-2,7-10H2,(H,17,19)/t11-,12+,13-/m0/s1. The number of hydrogen-bond acceptors (Lipinski definition) is 3. The first-order chi connectivity index (χ1) is 9.24. The summed E-state index contributed by atoms with van der Waals surface area (Å²) in [6.07, 6.45) is 7.83. The number of thiocarbonyl (C=S) groups is 1. The molecule has 19 heavy (non-hydrogen) atoms. The van der Waals surface area contributed by atoms with Crippen LogP contribution in [0.4, 0.5) is 0 Å². The maximum Gasteiger partial charge on any atom is 0.169 e. The molecule has 2 aliphatic rings. The van der Waals surface area contributed by atoms with Crippen LogP contribution in [0.3, 0.4) is 0 Å². The van der Waals surface area contributed by atoms with Crippen LogP contribution in [-0.2, 0) is 0 Å². The van der Waals surface area contributed by atoms with E-state index in [2.05, 4.69) is 29.6 Å². The molecule has 0 saturated heterocycles. The number of hydrogen-bond donors (Lipinski definition) is 1. The zero-order valence-electron chi connectivity index (χ0n) is 10.9. The van der Waals surface area contributed by atoms with Crippen molar-refractivity contribution in [2.75, 3.05) is 13.1 Å². The Bertz CT molecular complexity index is 427. The Kier molecular flexibility index (Phi) is 4.76. The molecule has 0 aromatic carbocycles. The summed E-state index contributed by atoms with van der Waals surface area (Å²) in [7, 11) is 0. The van der Waals surface area contributed by atoms with E-state index in [0.29, 0.717) is 48.9 Å². The van der Waals surface area contributed by atoms with E-state index >= 15 is 0 Å². The first-order valence-corrected chi connectivity index (χ1v) is 7.13. The summed E-state index contributed by atoms with van der Waals surface area (Å²) in [6.45, 7) is 1.20. The zero-order chi connectivity index (χ0) is 13.7. The van der Waals surface area contributed by atoms with Gasteiger partial charge in [-0.3, -0.25) is 0 Å². The van der Waals surface area contributed by atoms with Crippen molar-refractivity contribution in [1.29, 1.82) is 10.5 Å². The van der Waals surface area contributed by atoms with Crippen molar-refractivity contribution < 1.29 is 0 Å². The predicted octanol–water partition coefficient (Wildman–Crippen LogP) is 1.95.